The summed E-state index contributed by atoms with van der Waals surface area (Å²) in [7, 11) is 1.67. The Morgan fingerprint density at radius 3 is 3.19 bits per heavy atom. The molecular formula is C11H14N2O3. The number of aromatic nitrogens is 1. The third-order valence-electron chi connectivity index (χ3n) is 2.17. The van der Waals surface area contributed by atoms with Crippen molar-refractivity contribution < 1.29 is 14.3 Å². The van der Waals surface area contributed by atoms with E-state index in [-0.39, 0.29) is 5.75 Å². The highest BCUT2D eigenvalue weighted by atomic mass is 16.5. The molecule has 5 heteroatoms. The van der Waals surface area contributed by atoms with E-state index in [2.05, 4.69) is 10.3 Å². The molecule has 0 saturated carbocycles. The number of oxazole rings is 1. The minimum atomic E-state index is 0.176. The van der Waals surface area contributed by atoms with Crippen molar-refractivity contribution in [3.63, 3.8) is 0 Å². The Hall–Kier alpha value is -1.75. The number of hydrogen-bond acceptors (Lipinski definition) is 5. The van der Waals surface area contributed by atoms with Gasteiger partial charge in [-0.3, -0.25) is 0 Å². The first-order valence-electron chi connectivity index (χ1n) is 5.12. The molecule has 0 spiro atoms. The maximum absolute atomic E-state index is 9.26. The van der Waals surface area contributed by atoms with Crippen LogP contribution in [-0.4, -0.2) is 30.4 Å². The van der Waals surface area contributed by atoms with Crippen molar-refractivity contribution in [2.45, 2.75) is 6.42 Å². The number of aromatic hydroxyl groups is 1. The maximum atomic E-state index is 9.26. The lowest BCUT2D eigenvalue weighted by molar-refractivity contribution is 0.197. The maximum Gasteiger partial charge on any atom is 0.295 e. The summed E-state index contributed by atoms with van der Waals surface area (Å²) in [5, 5.41) is 12.3. The first-order valence-corrected chi connectivity index (χ1v) is 5.12. The lowest BCUT2D eigenvalue weighted by atomic mass is 10.3. The number of anilines is 1. The van der Waals surface area contributed by atoms with Gasteiger partial charge in [-0.25, -0.2) is 0 Å². The molecule has 5 nitrogen and oxygen atoms in total. The molecule has 0 radical (unpaired) electrons. The molecule has 0 aliphatic carbocycles. The Labute approximate surface area is 93.0 Å². The average Bonchev–Trinajstić information content (AvgIpc) is 2.66. The lowest BCUT2D eigenvalue weighted by Gasteiger charge is -1.99. The van der Waals surface area contributed by atoms with E-state index in [1.807, 2.05) is 0 Å². The van der Waals surface area contributed by atoms with Crippen LogP contribution in [0.15, 0.2) is 22.6 Å². The Bertz CT molecular complexity index is 467. The second-order valence-electron chi connectivity index (χ2n) is 3.44. The smallest absolute Gasteiger partial charge is 0.295 e. The van der Waals surface area contributed by atoms with E-state index in [9.17, 15) is 5.11 Å². The molecule has 2 aromatic rings. The number of hydrogen-bond donors (Lipinski definition) is 2. The summed E-state index contributed by atoms with van der Waals surface area (Å²) in [6.45, 7) is 1.45. The summed E-state index contributed by atoms with van der Waals surface area (Å²) in [6, 6.07) is 5.31. The molecule has 0 aliphatic rings. The third kappa shape index (κ3) is 2.43. The summed E-state index contributed by atoms with van der Waals surface area (Å²) in [5.74, 6) is 0.176. The number of phenols is 1. The van der Waals surface area contributed by atoms with Crippen LogP contribution in [0.2, 0.25) is 0 Å². The van der Waals surface area contributed by atoms with Gasteiger partial charge in [-0.1, -0.05) is 0 Å². The first-order chi connectivity index (χ1) is 7.79. The molecule has 2 rings (SSSR count). The first kappa shape index (κ1) is 10.8. The van der Waals surface area contributed by atoms with Gasteiger partial charge in [0.05, 0.1) is 0 Å². The van der Waals surface area contributed by atoms with Crippen molar-refractivity contribution in [3.05, 3.63) is 18.2 Å². The van der Waals surface area contributed by atoms with Crippen LogP contribution in [0.25, 0.3) is 11.1 Å². The Kier molecular flexibility index (Phi) is 3.26. The number of fused-ring (bicyclic) bond motifs is 1. The van der Waals surface area contributed by atoms with Gasteiger partial charge in [0, 0.05) is 26.3 Å². The van der Waals surface area contributed by atoms with E-state index in [0.29, 0.717) is 18.2 Å². The highest BCUT2D eigenvalue weighted by Crippen LogP contribution is 2.22. The second-order valence-corrected chi connectivity index (χ2v) is 3.44. The molecule has 1 aromatic carbocycles. The van der Waals surface area contributed by atoms with E-state index >= 15 is 0 Å². The molecule has 0 amide bonds. The number of ether oxygens (including phenoxy) is 1. The standard InChI is InChI=1S/C11H14N2O3/c1-15-6-2-5-12-11-13-9-4-3-8(14)7-10(9)16-11/h3-4,7,14H,2,5-6H2,1H3,(H,12,13). The van der Waals surface area contributed by atoms with E-state index in [4.69, 9.17) is 9.15 Å². The summed E-state index contributed by atoms with van der Waals surface area (Å²) in [5.41, 5.74) is 1.31. The van der Waals surface area contributed by atoms with Gasteiger partial charge in [0.25, 0.3) is 6.01 Å². The van der Waals surface area contributed by atoms with Crippen LogP contribution in [0, 0.1) is 0 Å². The van der Waals surface area contributed by atoms with Crippen LogP contribution in [0.1, 0.15) is 6.42 Å². The zero-order chi connectivity index (χ0) is 11.4. The summed E-state index contributed by atoms with van der Waals surface area (Å²) < 4.78 is 10.3. The van der Waals surface area contributed by atoms with Gasteiger partial charge < -0.3 is 19.6 Å². The largest absolute Gasteiger partial charge is 0.508 e. The zero-order valence-electron chi connectivity index (χ0n) is 9.06. The number of phenolic OH excluding ortho intramolecular Hbond substituents is 1. The molecule has 0 bridgehead atoms. The SMILES string of the molecule is COCCCNc1nc2ccc(O)cc2o1. The Morgan fingerprint density at radius 2 is 2.38 bits per heavy atom. The van der Waals surface area contributed by atoms with E-state index in [1.165, 1.54) is 0 Å². The van der Waals surface area contributed by atoms with E-state index in [0.717, 1.165) is 18.5 Å². The molecule has 0 saturated heterocycles. The van der Waals surface area contributed by atoms with Crippen LogP contribution in [0.4, 0.5) is 6.01 Å². The van der Waals surface area contributed by atoms with Crippen LogP contribution in [0.3, 0.4) is 0 Å². The molecule has 16 heavy (non-hydrogen) atoms. The minimum absolute atomic E-state index is 0.176. The van der Waals surface area contributed by atoms with Crippen LogP contribution < -0.4 is 5.32 Å². The van der Waals surface area contributed by atoms with Gasteiger partial charge in [-0.05, 0) is 18.6 Å². The molecule has 0 atom stereocenters. The number of benzene rings is 1. The van der Waals surface area contributed by atoms with Crippen LogP contribution in [0.5, 0.6) is 5.75 Å². The predicted molar refractivity (Wildman–Crippen MR) is 60.7 cm³/mol. The summed E-state index contributed by atoms with van der Waals surface area (Å²) in [6.07, 6.45) is 0.889. The molecule has 0 unspecified atom stereocenters. The highest BCUT2D eigenvalue weighted by molar-refractivity contribution is 5.75. The number of methoxy groups -OCH3 is 1. The van der Waals surface area contributed by atoms with Crippen molar-refractivity contribution >= 4 is 17.1 Å². The highest BCUT2D eigenvalue weighted by Gasteiger charge is 2.05. The molecule has 1 aromatic heterocycles. The molecule has 86 valence electrons. The predicted octanol–water partition coefficient (Wildman–Crippen LogP) is 1.98. The van der Waals surface area contributed by atoms with Gasteiger partial charge in [0.15, 0.2) is 5.58 Å². The summed E-state index contributed by atoms with van der Waals surface area (Å²) in [4.78, 5) is 4.22. The number of nitrogens with one attached hydrogen (secondary N) is 1. The fraction of sp³-hybridized carbons (Fsp3) is 0.364. The average molecular weight is 222 g/mol. The molecule has 0 aliphatic heterocycles. The molecule has 2 N–H and O–H groups in total. The van der Waals surface area contributed by atoms with Crippen molar-refractivity contribution in [1.82, 2.24) is 4.98 Å². The van der Waals surface area contributed by atoms with E-state index in [1.54, 1.807) is 25.3 Å². The van der Waals surface area contributed by atoms with Gasteiger partial charge >= 0.3 is 0 Å². The van der Waals surface area contributed by atoms with Gasteiger partial charge in [0.2, 0.25) is 0 Å². The van der Waals surface area contributed by atoms with Gasteiger partial charge in [0.1, 0.15) is 11.3 Å². The van der Waals surface area contributed by atoms with E-state index < -0.39 is 0 Å². The topological polar surface area (TPSA) is 67.5 Å². The second kappa shape index (κ2) is 4.85. The minimum Gasteiger partial charge on any atom is -0.508 e. The lowest BCUT2D eigenvalue weighted by Crippen LogP contribution is -2.04. The molecular weight excluding hydrogens is 208 g/mol. The van der Waals surface area contributed by atoms with Crippen molar-refractivity contribution in [2.24, 2.45) is 0 Å². The molecule has 1 heterocycles. The van der Waals surface area contributed by atoms with Crippen LogP contribution in [-0.2, 0) is 4.74 Å². The van der Waals surface area contributed by atoms with Gasteiger partial charge in [-0.15, -0.1) is 0 Å². The zero-order valence-corrected chi connectivity index (χ0v) is 9.06. The Morgan fingerprint density at radius 1 is 1.50 bits per heavy atom. The fourth-order valence-corrected chi connectivity index (χ4v) is 1.40. The van der Waals surface area contributed by atoms with Crippen molar-refractivity contribution in [3.8, 4) is 5.75 Å². The Balaban J connectivity index is 2.02. The van der Waals surface area contributed by atoms with Crippen LogP contribution >= 0.6 is 0 Å². The summed E-state index contributed by atoms with van der Waals surface area (Å²) >= 11 is 0. The quantitative estimate of drug-likeness (QED) is 0.757. The van der Waals surface area contributed by atoms with Crippen molar-refractivity contribution in [2.75, 3.05) is 25.6 Å². The number of nitrogens with zero attached hydrogens (tertiary/aromatic N) is 1. The molecule has 0 fully saturated rings. The monoisotopic (exact) mass is 222 g/mol. The van der Waals surface area contributed by atoms with Gasteiger partial charge in [-0.2, -0.15) is 4.98 Å². The fourth-order valence-electron chi connectivity index (χ4n) is 1.40. The third-order valence-corrected chi connectivity index (χ3v) is 2.17. The normalized spacial score (nSPS) is 10.8. The number of rotatable bonds is 5. The van der Waals surface area contributed by atoms with Crippen molar-refractivity contribution in [1.29, 1.82) is 0 Å².